The van der Waals surface area contributed by atoms with Crippen molar-refractivity contribution < 1.29 is 0 Å². The van der Waals surface area contributed by atoms with Crippen LogP contribution in [0, 0.1) is 6.92 Å². The standard InChI is InChI=1S/C17H15N2/c1-2-12-11-17(13-6-5-7-14(18)10-13)19-16-9-4-3-8-15(12)16/h3-11H,1-2,18H2. The Labute approximate surface area is 112 Å². The van der Waals surface area contributed by atoms with Gasteiger partial charge in [-0.3, -0.25) is 0 Å². The van der Waals surface area contributed by atoms with Crippen LogP contribution in [0.15, 0.2) is 54.6 Å². The maximum absolute atomic E-state index is 5.84. The van der Waals surface area contributed by atoms with Gasteiger partial charge in [-0.1, -0.05) is 30.3 Å². The number of aromatic nitrogens is 1. The molecule has 0 aliphatic rings. The van der Waals surface area contributed by atoms with Gasteiger partial charge in [0.2, 0.25) is 0 Å². The summed E-state index contributed by atoms with van der Waals surface area (Å²) in [6, 6.07) is 18.1. The summed E-state index contributed by atoms with van der Waals surface area (Å²) >= 11 is 0. The average Bonchev–Trinajstić information content (AvgIpc) is 2.46. The Kier molecular flexibility index (Phi) is 2.92. The summed E-state index contributed by atoms with van der Waals surface area (Å²) in [5.74, 6) is 0. The molecular formula is C17H15N2. The normalized spacial score (nSPS) is 10.8. The molecule has 0 aliphatic heterocycles. The molecule has 0 saturated heterocycles. The van der Waals surface area contributed by atoms with Crippen LogP contribution in [0.4, 0.5) is 5.69 Å². The zero-order valence-electron chi connectivity index (χ0n) is 10.6. The van der Waals surface area contributed by atoms with Crippen LogP contribution in [0.1, 0.15) is 5.56 Å². The molecule has 1 aromatic heterocycles. The SMILES string of the molecule is [CH2]Cc1cc(-c2cccc(N)c2)nc2ccccc12. The second-order valence-electron chi connectivity index (χ2n) is 4.56. The number of nitrogens with zero attached hydrogens (tertiary/aromatic N) is 1. The van der Waals surface area contributed by atoms with Gasteiger partial charge in [-0.15, -0.1) is 0 Å². The molecule has 2 heteroatoms. The number of anilines is 1. The van der Waals surface area contributed by atoms with E-state index in [-0.39, 0.29) is 0 Å². The van der Waals surface area contributed by atoms with Crippen LogP contribution in [0.25, 0.3) is 22.2 Å². The lowest BCUT2D eigenvalue weighted by molar-refractivity contribution is 1.27. The Morgan fingerprint density at radius 1 is 1.00 bits per heavy atom. The van der Waals surface area contributed by atoms with E-state index in [1.54, 1.807) is 0 Å². The Balaban J connectivity index is 2.25. The van der Waals surface area contributed by atoms with Gasteiger partial charge in [0, 0.05) is 16.6 Å². The fraction of sp³-hybridized carbons (Fsp3) is 0.0588. The van der Waals surface area contributed by atoms with E-state index in [2.05, 4.69) is 19.1 Å². The first-order valence-electron chi connectivity index (χ1n) is 6.32. The third kappa shape index (κ3) is 2.17. The lowest BCUT2D eigenvalue weighted by Crippen LogP contribution is -1.92. The molecule has 1 radical (unpaired) electrons. The predicted molar refractivity (Wildman–Crippen MR) is 80.7 cm³/mol. The molecule has 0 saturated carbocycles. The fourth-order valence-electron chi connectivity index (χ4n) is 2.30. The van der Waals surface area contributed by atoms with Gasteiger partial charge in [0.25, 0.3) is 0 Å². The second kappa shape index (κ2) is 4.73. The topological polar surface area (TPSA) is 38.9 Å². The van der Waals surface area contributed by atoms with Crippen molar-refractivity contribution in [2.24, 2.45) is 0 Å². The molecule has 1 heterocycles. The van der Waals surface area contributed by atoms with Crippen LogP contribution < -0.4 is 5.73 Å². The highest BCUT2D eigenvalue weighted by molar-refractivity contribution is 5.85. The van der Waals surface area contributed by atoms with E-state index in [1.165, 1.54) is 10.9 Å². The molecule has 0 unspecified atom stereocenters. The van der Waals surface area contributed by atoms with E-state index in [0.29, 0.717) is 0 Å². The van der Waals surface area contributed by atoms with Crippen molar-refractivity contribution in [2.45, 2.75) is 6.42 Å². The summed E-state index contributed by atoms with van der Waals surface area (Å²) in [6.07, 6.45) is 0.748. The molecular weight excluding hydrogens is 232 g/mol. The van der Waals surface area contributed by atoms with Gasteiger partial charge in [-0.05, 0) is 43.2 Å². The number of fused-ring (bicyclic) bond motifs is 1. The summed E-state index contributed by atoms with van der Waals surface area (Å²) in [7, 11) is 0. The van der Waals surface area contributed by atoms with Crippen LogP contribution >= 0.6 is 0 Å². The Bertz CT molecular complexity index is 732. The summed E-state index contributed by atoms with van der Waals surface area (Å²) in [5, 5.41) is 1.17. The highest BCUT2D eigenvalue weighted by Gasteiger charge is 2.06. The molecule has 0 atom stereocenters. The van der Waals surface area contributed by atoms with Crippen molar-refractivity contribution in [1.82, 2.24) is 4.98 Å². The minimum atomic E-state index is 0.748. The van der Waals surface area contributed by atoms with Crippen LogP contribution in [0.5, 0.6) is 0 Å². The molecule has 2 aromatic carbocycles. The molecule has 0 spiro atoms. The Morgan fingerprint density at radius 2 is 1.84 bits per heavy atom. The number of hydrogen-bond acceptors (Lipinski definition) is 2. The molecule has 3 aromatic rings. The molecule has 0 fully saturated rings. The smallest absolute Gasteiger partial charge is 0.0713 e. The maximum Gasteiger partial charge on any atom is 0.0713 e. The van der Waals surface area contributed by atoms with Gasteiger partial charge in [-0.25, -0.2) is 4.98 Å². The average molecular weight is 247 g/mol. The van der Waals surface area contributed by atoms with Gasteiger partial charge in [-0.2, -0.15) is 0 Å². The zero-order chi connectivity index (χ0) is 13.2. The van der Waals surface area contributed by atoms with Gasteiger partial charge >= 0.3 is 0 Å². The van der Waals surface area contributed by atoms with Crippen molar-refractivity contribution in [2.75, 3.05) is 5.73 Å². The number of rotatable bonds is 2. The minimum absolute atomic E-state index is 0.748. The van der Waals surface area contributed by atoms with Crippen LogP contribution in [-0.2, 0) is 6.42 Å². The summed E-state index contributed by atoms with van der Waals surface area (Å²) in [5.41, 5.74) is 10.8. The maximum atomic E-state index is 5.84. The molecule has 93 valence electrons. The number of nitrogen functional groups attached to an aromatic ring is 1. The molecule has 2 N–H and O–H groups in total. The highest BCUT2D eigenvalue weighted by atomic mass is 14.7. The summed E-state index contributed by atoms with van der Waals surface area (Å²) < 4.78 is 0. The Hall–Kier alpha value is -2.35. The van der Waals surface area contributed by atoms with E-state index < -0.39 is 0 Å². The monoisotopic (exact) mass is 247 g/mol. The first-order chi connectivity index (χ1) is 9.28. The van der Waals surface area contributed by atoms with Crippen LogP contribution in [0.2, 0.25) is 0 Å². The lowest BCUT2D eigenvalue weighted by Gasteiger charge is -2.08. The van der Waals surface area contributed by atoms with E-state index in [9.17, 15) is 0 Å². The molecule has 0 bridgehead atoms. The van der Waals surface area contributed by atoms with Crippen LogP contribution in [-0.4, -0.2) is 4.98 Å². The first-order valence-corrected chi connectivity index (χ1v) is 6.32. The van der Waals surface area contributed by atoms with Gasteiger partial charge in [0.15, 0.2) is 0 Å². The van der Waals surface area contributed by atoms with Crippen molar-refractivity contribution in [1.29, 1.82) is 0 Å². The predicted octanol–water partition coefficient (Wildman–Crippen LogP) is 3.86. The van der Waals surface area contributed by atoms with E-state index in [1.807, 2.05) is 42.5 Å². The number of para-hydroxylation sites is 1. The number of benzene rings is 2. The van der Waals surface area contributed by atoms with E-state index in [0.717, 1.165) is 28.9 Å². The van der Waals surface area contributed by atoms with E-state index in [4.69, 9.17) is 10.7 Å². The third-order valence-electron chi connectivity index (χ3n) is 3.25. The fourth-order valence-corrected chi connectivity index (χ4v) is 2.30. The second-order valence-corrected chi connectivity index (χ2v) is 4.56. The summed E-state index contributed by atoms with van der Waals surface area (Å²) in [4.78, 5) is 4.71. The number of nitrogens with two attached hydrogens (primary N) is 1. The van der Waals surface area contributed by atoms with E-state index >= 15 is 0 Å². The number of pyridine rings is 1. The summed E-state index contributed by atoms with van der Waals surface area (Å²) in [6.45, 7) is 4.01. The number of hydrogen-bond donors (Lipinski definition) is 1. The highest BCUT2D eigenvalue weighted by Crippen LogP contribution is 2.26. The molecule has 0 aliphatic carbocycles. The van der Waals surface area contributed by atoms with Gasteiger partial charge < -0.3 is 5.73 Å². The van der Waals surface area contributed by atoms with Crippen molar-refractivity contribution in [3.8, 4) is 11.3 Å². The van der Waals surface area contributed by atoms with Gasteiger partial charge in [0.05, 0.1) is 11.2 Å². The zero-order valence-corrected chi connectivity index (χ0v) is 10.6. The first kappa shape index (κ1) is 11.7. The van der Waals surface area contributed by atoms with Crippen LogP contribution in [0.3, 0.4) is 0 Å². The van der Waals surface area contributed by atoms with Crippen molar-refractivity contribution in [3.63, 3.8) is 0 Å². The van der Waals surface area contributed by atoms with Gasteiger partial charge in [0.1, 0.15) is 0 Å². The molecule has 2 nitrogen and oxygen atoms in total. The molecule has 3 rings (SSSR count). The van der Waals surface area contributed by atoms with Crippen molar-refractivity contribution >= 4 is 16.6 Å². The third-order valence-corrected chi connectivity index (χ3v) is 3.25. The molecule has 0 amide bonds. The quantitative estimate of drug-likeness (QED) is 0.698. The lowest BCUT2D eigenvalue weighted by atomic mass is 10.0. The molecule has 19 heavy (non-hydrogen) atoms. The Morgan fingerprint density at radius 3 is 2.63 bits per heavy atom. The van der Waals surface area contributed by atoms with Crippen molar-refractivity contribution in [3.05, 3.63) is 67.1 Å². The minimum Gasteiger partial charge on any atom is -0.399 e. The largest absolute Gasteiger partial charge is 0.399 e.